The minimum atomic E-state index is -4.17. The maximum Gasteiger partial charge on any atom is 0.357 e. The molecule has 0 aromatic heterocycles. The van der Waals surface area contributed by atoms with Gasteiger partial charge in [-0.2, -0.15) is 5.06 Å². The molecule has 1 saturated heterocycles. The molecular weight excluding hydrogens is 486 g/mol. The first-order chi connectivity index (χ1) is 15.5. The number of amides is 2. The number of hydrogen-bond acceptors (Lipinski definition) is 8. The third kappa shape index (κ3) is 4.74. The number of sulfonamides is 1. The molecule has 1 fully saturated rings. The van der Waals surface area contributed by atoms with E-state index in [1.54, 1.807) is 23.1 Å². The fraction of sp³-hybridized carbons (Fsp3) is 0.333. The van der Waals surface area contributed by atoms with Crippen molar-refractivity contribution in [3.63, 3.8) is 0 Å². The van der Waals surface area contributed by atoms with Gasteiger partial charge in [0.2, 0.25) is 6.79 Å². The highest BCUT2D eigenvalue weighted by Gasteiger charge is 2.49. The summed E-state index contributed by atoms with van der Waals surface area (Å²) in [5, 5.41) is 11.2. The summed E-state index contributed by atoms with van der Waals surface area (Å²) < 4.78 is 37.7. The topological polar surface area (TPSA) is 108 Å². The lowest BCUT2D eigenvalue weighted by molar-refractivity contribution is -0.118. The molecule has 12 heteroatoms. The fourth-order valence-corrected chi connectivity index (χ4v) is 6.48. The lowest BCUT2D eigenvalue weighted by atomic mass is 10.1. The van der Waals surface area contributed by atoms with Crippen molar-refractivity contribution >= 4 is 44.4 Å². The van der Waals surface area contributed by atoms with Gasteiger partial charge < -0.3 is 14.4 Å². The quantitative estimate of drug-likeness (QED) is 0.356. The lowest BCUT2D eigenvalue weighted by Crippen LogP contribution is -2.57. The zero-order valence-electron chi connectivity index (χ0n) is 18.1. The molecule has 33 heavy (non-hydrogen) atoms. The lowest BCUT2D eigenvalue weighted by Gasteiger charge is -2.36. The zero-order chi connectivity index (χ0) is 24.0. The Bertz CT molecular complexity index is 1200. The Morgan fingerprint density at radius 2 is 1.91 bits per heavy atom. The number of nitrogens with one attached hydrogen (secondary N) is 1. The number of fused-ring (bicyclic) bond motifs is 1. The molecule has 0 bridgehead atoms. The molecule has 1 atom stereocenters. The van der Waals surface area contributed by atoms with Crippen LogP contribution in [-0.2, 0) is 16.6 Å². The van der Waals surface area contributed by atoms with Gasteiger partial charge >= 0.3 is 6.03 Å². The van der Waals surface area contributed by atoms with E-state index < -0.39 is 27.0 Å². The Labute approximate surface area is 201 Å². The monoisotopic (exact) mass is 509 g/mol. The molecule has 2 amide bonds. The molecule has 9 nitrogen and oxygen atoms in total. The molecule has 2 aliphatic heterocycles. The number of nitrogens with zero attached hydrogens (tertiary/aromatic N) is 2. The van der Waals surface area contributed by atoms with Crippen LogP contribution in [0.15, 0.2) is 47.4 Å². The molecular formula is C21H23N3O6S3. The Balaban J connectivity index is 1.55. The summed E-state index contributed by atoms with van der Waals surface area (Å²) in [7, 11) is -4.17. The maximum atomic E-state index is 12.8. The van der Waals surface area contributed by atoms with Crippen LogP contribution in [0.3, 0.4) is 0 Å². The number of hydrogen-bond donors (Lipinski definition) is 2. The van der Waals surface area contributed by atoms with Crippen molar-refractivity contribution < 1.29 is 27.9 Å². The Morgan fingerprint density at radius 1 is 1.24 bits per heavy atom. The van der Waals surface area contributed by atoms with Crippen molar-refractivity contribution in [2.24, 2.45) is 0 Å². The summed E-state index contributed by atoms with van der Waals surface area (Å²) in [5.74, 6) is 1.24. The third-order valence-corrected chi connectivity index (χ3v) is 8.25. The number of carbonyl (C=O) groups excluding carboxylic acids is 1. The summed E-state index contributed by atoms with van der Waals surface area (Å²) in [4.78, 5) is 14.4. The van der Waals surface area contributed by atoms with E-state index in [2.05, 4.69) is 0 Å². The van der Waals surface area contributed by atoms with Gasteiger partial charge in [0.25, 0.3) is 10.0 Å². The SMILES string of the molecule is Cc1ccc(S(=O)(=O)NC(=O)N(O)[C@@H]2N(Cc3ccc4c(c3)OCO4)C(=S)SC2(C)C)cc1. The summed E-state index contributed by atoms with van der Waals surface area (Å²) in [6.45, 7) is 5.87. The van der Waals surface area contributed by atoms with Gasteiger partial charge in [0.1, 0.15) is 10.5 Å². The van der Waals surface area contributed by atoms with Gasteiger partial charge in [-0.3, -0.25) is 5.21 Å². The number of ether oxygens (including phenoxy) is 2. The summed E-state index contributed by atoms with van der Waals surface area (Å²) in [6.07, 6.45) is -0.923. The van der Waals surface area contributed by atoms with Crippen LogP contribution in [0.1, 0.15) is 25.0 Å². The van der Waals surface area contributed by atoms with Gasteiger partial charge in [-0.1, -0.05) is 47.7 Å². The fourth-order valence-electron chi connectivity index (χ4n) is 3.67. The molecule has 2 aromatic carbocycles. The molecule has 0 saturated carbocycles. The number of thioether (sulfide) groups is 1. The summed E-state index contributed by atoms with van der Waals surface area (Å²) >= 11 is 6.83. The van der Waals surface area contributed by atoms with E-state index in [-0.39, 0.29) is 18.2 Å². The average molecular weight is 510 g/mol. The van der Waals surface area contributed by atoms with Crippen LogP contribution in [0.4, 0.5) is 4.79 Å². The number of rotatable bonds is 5. The highest BCUT2D eigenvalue weighted by atomic mass is 32.2. The largest absolute Gasteiger partial charge is 0.454 e. The molecule has 0 aliphatic carbocycles. The van der Waals surface area contributed by atoms with Gasteiger partial charge in [-0.05, 0) is 50.6 Å². The van der Waals surface area contributed by atoms with Crippen molar-refractivity contribution in [1.82, 2.24) is 14.7 Å². The van der Waals surface area contributed by atoms with Crippen molar-refractivity contribution in [2.45, 2.75) is 43.1 Å². The number of urea groups is 1. The first kappa shape index (κ1) is 23.6. The molecule has 4 rings (SSSR count). The van der Waals surface area contributed by atoms with E-state index in [0.717, 1.165) is 11.1 Å². The number of benzene rings is 2. The van der Waals surface area contributed by atoms with Crippen molar-refractivity contribution in [3.8, 4) is 11.5 Å². The van der Waals surface area contributed by atoms with Gasteiger partial charge in [0, 0.05) is 6.54 Å². The van der Waals surface area contributed by atoms with Gasteiger partial charge in [-0.25, -0.2) is 17.9 Å². The van der Waals surface area contributed by atoms with Crippen molar-refractivity contribution in [2.75, 3.05) is 6.79 Å². The second kappa shape index (κ2) is 8.67. The van der Waals surface area contributed by atoms with Gasteiger partial charge in [0.05, 0.1) is 9.64 Å². The number of aryl methyl sites for hydroxylation is 1. The second-order valence-corrected chi connectivity index (χ2v) is 12.2. The number of carbonyl (C=O) groups is 1. The highest BCUT2D eigenvalue weighted by molar-refractivity contribution is 8.24. The standard InChI is InChI=1S/C21H23N3O6S3/c1-13-4-7-15(8-5-13)33(27,28)22-19(25)24(26)18-21(2,3)32-20(31)23(18)11-14-6-9-16-17(10-14)30-12-29-16/h4-10,18,26H,11-12H2,1-3H3,(H,22,25)/t18-/m0/s1. The van der Waals surface area contributed by atoms with Crippen LogP contribution in [0.2, 0.25) is 0 Å². The Hall–Kier alpha value is -2.54. The molecule has 2 aromatic rings. The minimum absolute atomic E-state index is 0.0809. The molecule has 2 N–H and O–H groups in total. The van der Waals surface area contributed by atoms with E-state index in [9.17, 15) is 18.4 Å². The van der Waals surface area contributed by atoms with Crippen molar-refractivity contribution in [3.05, 3.63) is 53.6 Å². The van der Waals surface area contributed by atoms with Crippen LogP contribution in [-0.4, -0.2) is 51.6 Å². The van der Waals surface area contributed by atoms with Crippen LogP contribution < -0.4 is 14.2 Å². The Kier molecular flexibility index (Phi) is 6.20. The van der Waals surface area contributed by atoms with E-state index in [0.29, 0.717) is 20.9 Å². The third-order valence-electron chi connectivity index (χ3n) is 5.28. The second-order valence-electron chi connectivity index (χ2n) is 8.23. The highest BCUT2D eigenvalue weighted by Crippen LogP contribution is 2.43. The predicted molar refractivity (Wildman–Crippen MR) is 127 cm³/mol. The van der Waals surface area contributed by atoms with Crippen molar-refractivity contribution in [1.29, 1.82) is 0 Å². The molecule has 0 spiro atoms. The number of thiocarbonyl (C=S) groups is 1. The van der Waals surface area contributed by atoms with E-state index in [1.165, 1.54) is 23.9 Å². The van der Waals surface area contributed by atoms with E-state index >= 15 is 0 Å². The Morgan fingerprint density at radius 3 is 2.61 bits per heavy atom. The summed E-state index contributed by atoms with van der Waals surface area (Å²) in [5.41, 5.74) is 1.70. The molecule has 0 radical (unpaired) electrons. The van der Waals surface area contributed by atoms with Crippen LogP contribution in [0.25, 0.3) is 0 Å². The average Bonchev–Trinajstić information content (AvgIpc) is 3.28. The summed E-state index contributed by atoms with van der Waals surface area (Å²) in [6, 6.07) is 10.3. The molecule has 2 heterocycles. The first-order valence-corrected chi connectivity index (χ1v) is 12.7. The first-order valence-electron chi connectivity index (χ1n) is 9.98. The van der Waals surface area contributed by atoms with Crippen LogP contribution in [0.5, 0.6) is 11.5 Å². The van der Waals surface area contributed by atoms with E-state index in [1.807, 2.05) is 37.6 Å². The van der Waals surface area contributed by atoms with Gasteiger partial charge in [-0.15, -0.1) is 0 Å². The van der Waals surface area contributed by atoms with Gasteiger partial charge in [0.15, 0.2) is 11.5 Å². The zero-order valence-corrected chi connectivity index (χ0v) is 20.6. The molecule has 0 unspecified atom stereocenters. The van der Waals surface area contributed by atoms with Crippen LogP contribution in [0, 0.1) is 6.92 Å². The van der Waals surface area contributed by atoms with Crippen LogP contribution >= 0.6 is 24.0 Å². The minimum Gasteiger partial charge on any atom is -0.454 e. The molecule has 2 aliphatic rings. The number of hydroxylamine groups is 2. The predicted octanol–water partition coefficient (Wildman–Crippen LogP) is 3.45. The smallest absolute Gasteiger partial charge is 0.357 e. The van der Waals surface area contributed by atoms with E-state index in [4.69, 9.17) is 21.7 Å². The normalized spacial score (nSPS) is 19.0. The molecule has 176 valence electrons. The maximum absolute atomic E-state index is 12.8.